The van der Waals surface area contributed by atoms with E-state index in [0.717, 1.165) is 31.9 Å². The van der Waals surface area contributed by atoms with Gasteiger partial charge in [-0.2, -0.15) is 0 Å². The van der Waals surface area contributed by atoms with Gasteiger partial charge in [-0.25, -0.2) is 4.98 Å². The van der Waals surface area contributed by atoms with Gasteiger partial charge in [0.25, 0.3) is 0 Å². The molecule has 0 N–H and O–H groups in total. The van der Waals surface area contributed by atoms with Gasteiger partial charge < -0.3 is 4.90 Å². The predicted octanol–water partition coefficient (Wildman–Crippen LogP) is 2.15. The third-order valence-electron chi connectivity index (χ3n) is 2.95. The molecule has 0 radical (unpaired) electrons. The Hall–Kier alpha value is -0.870. The number of aromatic nitrogens is 1. The maximum absolute atomic E-state index is 4.56. The summed E-state index contributed by atoms with van der Waals surface area (Å²) in [7, 11) is 0. The van der Waals surface area contributed by atoms with Crippen molar-refractivity contribution in [2.45, 2.75) is 19.9 Å². The molecule has 1 fully saturated rings. The summed E-state index contributed by atoms with van der Waals surface area (Å²) >= 11 is 1.75. The molecule has 4 heteroatoms. The van der Waals surface area contributed by atoms with Crippen molar-refractivity contribution in [3.63, 3.8) is 0 Å². The minimum atomic E-state index is 0.541. The highest BCUT2D eigenvalue weighted by molar-refractivity contribution is 7.13. The molecule has 0 saturated carbocycles. The van der Waals surface area contributed by atoms with Gasteiger partial charge in [0.2, 0.25) is 0 Å². The van der Waals surface area contributed by atoms with Crippen molar-refractivity contribution in [1.82, 2.24) is 9.88 Å². The van der Waals surface area contributed by atoms with E-state index in [2.05, 4.69) is 40.6 Å². The third kappa shape index (κ3) is 2.44. The Balaban J connectivity index is 2.01. The summed E-state index contributed by atoms with van der Waals surface area (Å²) in [6.07, 6.45) is 1.98. The van der Waals surface area contributed by atoms with Crippen LogP contribution in [0.5, 0.6) is 0 Å². The van der Waals surface area contributed by atoms with Gasteiger partial charge in [0.15, 0.2) is 5.13 Å². The average molecular weight is 237 g/mol. The second-order valence-corrected chi connectivity index (χ2v) is 5.20. The maximum Gasteiger partial charge on any atom is 0.185 e. The fourth-order valence-corrected chi connectivity index (χ4v) is 3.07. The number of hydrogen-bond donors (Lipinski definition) is 0. The van der Waals surface area contributed by atoms with E-state index in [-0.39, 0.29) is 0 Å². The molecule has 1 aromatic heterocycles. The van der Waals surface area contributed by atoms with Gasteiger partial charge in [-0.3, -0.25) is 4.90 Å². The Morgan fingerprint density at radius 3 is 3.00 bits per heavy atom. The fourth-order valence-electron chi connectivity index (χ4n) is 2.14. The van der Waals surface area contributed by atoms with E-state index in [1.54, 1.807) is 11.3 Å². The van der Waals surface area contributed by atoms with E-state index in [1.165, 1.54) is 5.13 Å². The van der Waals surface area contributed by atoms with Crippen LogP contribution < -0.4 is 4.90 Å². The van der Waals surface area contributed by atoms with Crippen LogP contribution in [0, 0.1) is 6.92 Å². The molecule has 2 heterocycles. The van der Waals surface area contributed by atoms with Gasteiger partial charge in [-0.1, -0.05) is 6.08 Å². The second-order valence-electron chi connectivity index (χ2n) is 4.36. The summed E-state index contributed by atoms with van der Waals surface area (Å²) in [4.78, 5) is 9.41. The molecule has 0 unspecified atom stereocenters. The summed E-state index contributed by atoms with van der Waals surface area (Å²) in [5, 5.41) is 3.29. The van der Waals surface area contributed by atoms with E-state index in [1.807, 2.05) is 6.08 Å². The topological polar surface area (TPSA) is 19.4 Å². The number of nitrogens with zero attached hydrogens (tertiary/aromatic N) is 3. The molecule has 0 spiro atoms. The second kappa shape index (κ2) is 4.97. The molecular weight excluding hydrogens is 218 g/mol. The molecule has 1 aliphatic heterocycles. The van der Waals surface area contributed by atoms with Crippen LogP contribution in [0.2, 0.25) is 0 Å². The van der Waals surface area contributed by atoms with Crippen molar-refractivity contribution in [2.75, 3.05) is 31.1 Å². The van der Waals surface area contributed by atoms with Crippen molar-refractivity contribution in [3.8, 4) is 0 Å². The van der Waals surface area contributed by atoms with Gasteiger partial charge in [-0.05, 0) is 13.8 Å². The summed E-state index contributed by atoms with van der Waals surface area (Å²) in [6, 6.07) is 0.541. The van der Waals surface area contributed by atoms with Gasteiger partial charge in [0.1, 0.15) is 0 Å². The van der Waals surface area contributed by atoms with E-state index >= 15 is 0 Å². The number of aryl methyl sites for hydroxylation is 1. The van der Waals surface area contributed by atoms with Crippen molar-refractivity contribution in [3.05, 3.63) is 23.7 Å². The summed E-state index contributed by atoms with van der Waals surface area (Å²) in [5.74, 6) is 0. The van der Waals surface area contributed by atoms with Crippen LogP contribution >= 0.6 is 11.3 Å². The Bertz CT molecular complexity index is 361. The van der Waals surface area contributed by atoms with E-state index in [9.17, 15) is 0 Å². The number of rotatable bonds is 3. The van der Waals surface area contributed by atoms with E-state index in [0.29, 0.717) is 6.04 Å². The van der Waals surface area contributed by atoms with Crippen molar-refractivity contribution >= 4 is 16.5 Å². The largest absolute Gasteiger partial charge is 0.343 e. The Morgan fingerprint density at radius 1 is 1.62 bits per heavy atom. The minimum absolute atomic E-state index is 0.541. The van der Waals surface area contributed by atoms with Gasteiger partial charge in [0, 0.05) is 37.6 Å². The van der Waals surface area contributed by atoms with Crippen LogP contribution in [-0.4, -0.2) is 42.1 Å². The summed E-state index contributed by atoms with van der Waals surface area (Å²) < 4.78 is 0. The lowest BCUT2D eigenvalue weighted by Gasteiger charge is -2.39. The molecule has 1 atom stereocenters. The first-order chi connectivity index (χ1) is 7.70. The molecular formula is C12H19N3S. The molecule has 1 aliphatic rings. The quantitative estimate of drug-likeness (QED) is 0.751. The normalized spacial score (nSPS) is 22.4. The van der Waals surface area contributed by atoms with Gasteiger partial charge in [-0.15, -0.1) is 17.9 Å². The lowest BCUT2D eigenvalue weighted by Crippen LogP contribution is -2.51. The highest BCUT2D eigenvalue weighted by Crippen LogP contribution is 2.24. The first kappa shape index (κ1) is 11.6. The van der Waals surface area contributed by atoms with E-state index in [4.69, 9.17) is 0 Å². The first-order valence-electron chi connectivity index (χ1n) is 5.72. The smallest absolute Gasteiger partial charge is 0.185 e. The Kier molecular flexibility index (Phi) is 3.61. The zero-order valence-corrected chi connectivity index (χ0v) is 10.8. The number of anilines is 1. The zero-order chi connectivity index (χ0) is 11.5. The highest BCUT2D eigenvalue weighted by Gasteiger charge is 2.24. The van der Waals surface area contributed by atoms with Gasteiger partial charge >= 0.3 is 0 Å². The molecule has 1 aromatic rings. The molecule has 16 heavy (non-hydrogen) atoms. The molecule has 3 nitrogen and oxygen atoms in total. The maximum atomic E-state index is 4.56. The van der Waals surface area contributed by atoms with Crippen LogP contribution in [-0.2, 0) is 0 Å². The Labute approximate surface area is 101 Å². The molecule has 0 amide bonds. The SMILES string of the molecule is C=CCN1CCN(c2nc(C)cs2)[C@@H](C)C1. The Morgan fingerprint density at radius 2 is 2.44 bits per heavy atom. The zero-order valence-electron chi connectivity index (χ0n) is 10.0. The molecule has 0 bridgehead atoms. The van der Waals surface area contributed by atoms with Crippen LogP contribution in [0.25, 0.3) is 0 Å². The van der Waals surface area contributed by atoms with Crippen molar-refractivity contribution in [2.24, 2.45) is 0 Å². The summed E-state index contributed by atoms with van der Waals surface area (Å²) in [5.41, 5.74) is 1.13. The van der Waals surface area contributed by atoms with Crippen LogP contribution in [0.1, 0.15) is 12.6 Å². The van der Waals surface area contributed by atoms with Crippen LogP contribution in [0.4, 0.5) is 5.13 Å². The number of piperazine rings is 1. The monoisotopic (exact) mass is 237 g/mol. The lowest BCUT2D eigenvalue weighted by molar-refractivity contribution is 0.251. The standard InChI is InChI=1S/C12H19N3S/c1-4-5-14-6-7-15(11(3)8-14)12-13-10(2)9-16-12/h4,9,11H,1,5-8H2,2-3H3/t11-/m0/s1. The lowest BCUT2D eigenvalue weighted by atomic mass is 10.2. The van der Waals surface area contributed by atoms with Crippen LogP contribution in [0.3, 0.4) is 0 Å². The highest BCUT2D eigenvalue weighted by atomic mass is 32.1. The van der Waals surface area contributed by atoms with Crippen molar-refractivity contribution < 1.29 is 0 Å². The molecule has 0 aliphatic carbocycles. The number of hydrogen-bond acceptors (Lipinski definition) is 4. The fraction of sp³-hybridized carbons (Fsp3) is 0.583. The molecule has 0 aromatic carbocycles. The molecule has 1 saturated heterocycles. The first-order valence-corrected chi connectivity index (χ1v) is 6.60. The minimum Gasteiger partial charge on any atom is -0.343 e. The van der Waals surface area contributed by atoms with Crippen molar-refractivity contribution in [1.29, 1.82) is 0 Å². The average Bonchev–Trinajstić information content (AvgIpc) is 2.65. The van der Waals surface area contributed by atoms with Gasteiger partial charge in [0.05, 0.1) is 5.69 Å². The third-order valence-corrected chi connectivity index (χ3v) is 3.95. The molecule has 2 rings (SSSR count). The van der Waals surface area contributed by atoms with E-state index < -0.39 is 0 Å². The molecule has 88 valence electrons. The predicted molar refractivity (Wildman–Crippen MR) is 70.3 cm³/mol. The van der Waals surface area contributed by atoms with Crippen LogP contribution in [0.15, 0.2) is 18.0 Å². The number of thiazole rings is 1. The summed E-state index contributed by atoms with van der Waals surface area (Å²) in [6.45, 7) is 12.4.